The highest BCUT2D eigenvalue weighted by atomic mass is 35.5. The third-order valence-electron chi connectivity index (χ3n) is 6.94. The standard InChI is InChI=1S/C27H29Cl4N3O4/c1-17(35)32-9-10-34(25(36)13-18-4-6-21(28)23(30)11-18)20(15-32)16-33-8-2-3-26(33)38-27(37)14-19-5-7-22(29)24(31)12-19/h4-7,11-12,20,26H,2-3,8-10,13-16H2,1H3. The number of esters is 1. The molecule has 4 rings (SSSR count). The second kappa shape index (κ2) is 12.9. The van der Waals surface area contributed by atoms with E-state index in [-0.39, 0.29) is 36.7 Å². The van der Waals surface area contributed by atoms with Gasteiger partial charge in [-0.1, -0.05) is 58.5 Å². The normalized spacial score (nSPS) is 20.0. The molecule has 0 saturated carbocycles. The predicted octanol–water partition coefficient (Wildman–Crippen LogP) is 5.11. The number of hydrogen-bond acceptors (Lipinski definition) is 5. The number of piperazine rings is 1. The summed E-state index contributed by atoms with van der Waals surface area (Å²) < 4.78 is 5.83. The number of rotatable bonds is 7. The van der Waals surface area contributed by atoms with E-state index in [4.69, 9.17) is 51.1 Å². The number of carbonyl (C=O) groups excluding carboxylic acids is 3. The Hall–Kier alpha value is -2.03. The summed E-state index contributed by atoms with van der Waals surface area (Å²) in [5, 5.41) is 1.65. The summed E-state index contributed by atoms with van der Waals surface area (Å²) in [6, 6.07) is 9.99. The molecule has 2 aliphatic heterocycles. The van der Waals surface area contributed by atoms with Crippen LogP contribution in [0.3, 0.4) is 0 Å². The number of likely N-dealkylation sites (tertiary alicyclic amines) is 1. The Morgan fingerprint density at radius 2 is 1.50 bits per heavy atom. The van der Waals surface area contributed by atoms with Gasteiger partial charge in [-0.2, -0.15) is 0 Å². The highest BCUT2D eigenvalue weighted by molar-refractivity contribution is 6.42. The van der Waals surface area contributed by atoms with Crippen LogP contribution in [0.2, 0.25) is 20.1 Å². The van der Waals surface area contributed by atoms with Gasteiger partial charge < -0.3 is 14.5 Å². The number of amides is 2. The molecule has 2 aromatic rings. The Morgan fingerprint density at radius 1 is 0.868 bits per heavy atom. The van der Waals surface area contributed by atoms with Crippen molar-refractivity contribution in [3.63, 3.8) is 0 Å². The molecule has 38 heavy (non-hydrogen) atoms. The third-order valence-corrected chi connectivity index (χ3v) is 8.41. The lowest BCUT2D eigenvalue weighted by molar-refractivity contribution is -0.157. The molecular formula is C27H29Cl4N3O4. The Kier molecular flexibility index (Phi) is 9.82. The van der Waals surface area contributed by atoms with Crippen LogP contribution in [0.15, 0.2) is 36.4 Å². The monoisotopic (exact) mass is 599 g/mol. The van der Waals surface area contributed by atoms with Crippen molar-refractivity contribution in [2.75, 3.05) is 32.7 Å². The molecule has 2 aliphatic rings. The van der Waals surface area contributed by atoms with Gasteiger partial charge >= 0.3 is 5.97 Å². The molecule has 2 saturated heterocycles. The summed E-state index contributed by atoms with van der Waals surface area (Å²) >= 11 is 24.2. The molecule has 2 fully saturated rings. The fraction of sp³-hybridized carbons (Fsp3) is 0.444. The quantitative estimate of drug-likeness (QED) is 0.413. The second-order valence-corrected chi connectivity index (χ2v) is 11.3. The van der Waals surface area contributed by atoms with Crippen molar-refractivity contribution in [3.8, 4) is 0 Å². The minimum atomic E-state index is -0.398. The molecule has 2 aromatic carbocycles. The minimum Gasteiger partial charge on any atom is -0.446 e. The average molecular weight is 601 g/mol. The van der Waals surface area contributed by atoms with Gasteiger partial charge in [0.1, 0.15) is 0 Å². The van der Waals surface area contributed by atoms with Gasteiger partial charge in [-0.25, -0.2) is 0 Å². The first kappa shape index (κ1) is 29.0. The Balaban J connectivity index is 1.42. The van der Waals surface area contributed by atoms with Gasteiger partial charge in [0.25, 0.3) is 0 Å². The van der Waals surface area contributed by atoms with Crippen LogP contribution in [-0.4, -0.2) is 77.5 Å². The van der Waals surface area contributed by atoms with Gasteiger partial charge in [0.05, 0.1) is 39.0 Å². The number of halogens is 4. The molecule has 7 nitrogen and oxygen atoms in total. The maximum absolute atomic E-state index is 13.4. The van der Waals surface area contributed by atoms with Gasteiger partial charge in [0.15, 0.2) is 6.23 Å². The summed E-state index contributed by atoms with van der Waals surface area (Å²) in [7, 11) is 0. The van der Waals surface area contributed by atoms with Gasteiger partial charge in [-0.3, -0.25) is 19.3 Å². The largest absolute Gasteiger partial charge is 0.446 e. The first-order valence-corrected chi connectivity index (χ1v) is 14.0. The summed E-state index contributed by atoms with van der Waals surface area (Å²) in [4.78, 5) is 43.9. The number of carbonyl (C=O) groups is 3. The molecule has 2 heterocycles. The van der Waals surface area contributed by atoms with E-state index in [1.54, 1.807) is 41.3 Å². The van der Waals surface area contributed by atoms with Crippen LogP contribution < -0.4 is 0 Å². The van der Waals surface area contributed by atoms with E-state index in [0.29, 0.717) is 52.7 Å². The fourth-order valence-electron chi connectivity index (χ4n) is 4.97. The number of nitrogens with zero attached hydrogens (tertiary/aromatic N) is 3. The van der Waals surface area contributed by atoms with Crippen LogP contribution in [0.4, 0.5) is 0 Å². The summed E-state index contributed by atoms with van der Waals surface area (Å²) in [6.07, 6.45) is 1.43. The van der Waals surface area contributed by atoms with Crippen LogP contribution >= 0.6 is 46.4 Å². The molecule has 0 N–H and O–H groups in total. The van der Waals surface area contributed by atoms with Gasteiger partial charge in [0, 0.05) is 39.6 Å². The van der Waals surface area contributed by atoms with E-state index < -0.39 is 6.23 Å². The van der Waals surface area contributed by atoms with E-state index in [2.05, 4.69) is 4.90 Å². The topological polar surface area (TPSA) is 70.2 Å². The van der Waals surface area contributed by atoms with E-state index >= 15 is 0 Å². The van der Waals surface area contributed by atoms with Crippen molar-refractivity contribution < 1.29 is 19.1 Å². The van der Waals surface area contributed by atoms with Crippen molar-refractivity contribution in [2.24, 2.45) is 0 Å². The Labute approximate surface area is 242 Å². The van der Waals surface area contributed by atoms with Crippen LogP contribution in [0.5, 0.6) is 0 Å². The highest BCUT2D eigenvalue weighted by Gasteiger charge is 2.36. The van der Waals surface area contributed by atoms with Crippen molar-refractivity contribution in [2.45, 2.75) is 44.9 Å². The second-order valence-electron chi connectivity index (χ2n) is 9.64. The SMILES string of the molecule is CC(=O)N1CCN(C(=O)Cc2ccc(Cl)c(Cl)c2)C(CN2CCCC2OC(=O)Cc2ccc(Cl)c(Cl)c2)C1. The van der Waals surface area contributed by atoms with Gasteiger partial charge in [-0.15, -0.1) is 0 Å². The predicted molar refractivity (Wildman–Crippen MR) is 149 cm³/mol. The fourth-order valence-corrected chi connectivity index (χ4v) is 5.61. The molecule has 0 spiro atoms. The zero-order chi connectivity index (χ0) is 27.4. The van der Waals surface area contributed by atoms with Crippen LogP contribution in [0.1, 0.15) is 30.9 Å². The maximum atomic E-state index is 13.4. The summed E-state index contributed by atoms with van der Waals surface area (Å²) in [5.41, 5.74) is 1.49. The molecular weight excluding hydrogens is 572 g/mol. The Bertz CT molecular complexity index is 1210. The summed E-state index contributed by atoms with van der Waals surface area (Å²) in [5.74, 6) is -0.441. The molecule has 2 amide bonds. The number of ether oxygens (including phenoxy) is 1. The lowest BCUT2D eigenvalue weighted by atomic mass is 10.1. The lowest BCUT2D eigenvalue weighted by Gasteiger charge is -2.43. The molecule has 2 unspecified atom stereocenters. The first-order chi connectivity index (χ1) is 18.1. The Morgan fingerprint density at radius 3 is 2.11 bits per heavy atom. The number of benzene rings is 2. The average Bonchev–Trinajstić information content (AvgIpc) is 3.29. The number of hydrogen-bond donors (Lipinski definition) is 0. The van der Waals surface area contributed by atoms with Crippen molar-refractivity contribution in [1.82, 2.24) is 14.7 Å². The van der Waals surface area contributed by atoms with Gasteiger partial charge in [-0.05, 0) is 48.2 Å². The molecule has 0 aliphatic carbocycles. The molecule has 204 valence electrons. The van der Waals surface area contributed by atoms with E-state index in [1.165, 1.54) is 6.92 Å². The zero-order valence-electron chi connectivity index (χ0n) is 21.0. The molecule has 0 radical (unpaired) electrons. The highest BCUT2D eigenvalue weighted by Crippen LogP contribution is 2.26. The summed E-state index contributed by atoms with van der Waals surface area (Å²) in [6.45, 7) is 4.08. The molecule has 0 bridgehead atoms. The molecule has 0 aromatic heterocycles. The van der Waals surface area contributed by atoms with Crippen LogP contribution in [0.25, 0.3) is 0 Å². The van der Waals surface area contributed by atoms with Crippen molar-refractivity contribution in [1.29, 1.82) is 0 Å². The lowest BCUT2D eigenvalue weighted by Crippen LogP contribution is -2.60. The van der Waals surface area contributed by atoms with Crippen LogP contribution in [0, 0.1) is 0 Å². The molecule has 11 heteroatoms. The minimum absolute atomic E-state index is 0.0300. The zero-order valence-corrected chi connectivity index (χ0v) is 24.0. The molecule has 2 atom stereocenters. The van der Waals surface area contributed by atoms with Crippen LogP contribution in [-0.2, 0) is 32.0 Å². The van der Waals surface area contributed by atoms with Crippen molar-refractivity contribution in [3.05, 3.63) is 67.6 Å². The third kappa shape index (κ3) is 7.33. The smallest absolute Gasteiger partial charge is 0.311 e. The van der Waals surface area contributed by atoms with E-state index in [1.807, 2.05) is 4.90 Å². The van der Waals surface area contributed by atoms with Crippen molar-refractivity contribution >= 4 is 64.2 Å². The maximum Gasteiger partial charge on any atom is 0.311 e. The van der Waals surface area contributed by atoms with E-state index in [9.17, 15) is 14.4 Å². The first-order valence-electron chi connectivity index (χ1n) is 12.5. The van der Waals surface area contributed by atoms with Gasteiger partial charge in [0.2, 0.25) is 11.8 Å². The van der Waals surface area contributed by atoms with E-state index in [0.717, 1.165) is 24.1 Å².